The van der Waals surface area contributed by atoms with Gasteiger partial charge in [0.1, 0.15) is 11.5 Å². The minimum absolute atomic E-state index is 0.0768. The molecule has 0 saturated carbocycles. The van der Waals surface area contributed by atoms with Crippen molar-refractivity contribution in [3.05, 3.63) is 48.2 Å². The number of aryl methyl sites for hydroxylation is 1. The third-order valence-electron chi connectivity index (χ3n) is 4.48. The lowest BCUT2D eigenvalue weighted by molar-refractivity contribution is -0.131. The van der Waals surface area contributed by atoms with Crippen molar-refractivity contribution in [3.8, 4) is 0 Å². The predicted octanol–water partition coefficient (Wildman–Crippen LogP) is 2.90. The Hall–Kier alpha value is -2.83. The number of nitrogens with one attached hydrogen (secondary N) is 1. The van der Waals surface area contributed by atoms with Gasteiger partial charge in [0.15, 0.2) is 0 Å². The summed E-state index contributed by atoms with van der Waals surface area (Å²) in [6.45, 7) is 12.6. The van der Waals surface area contributed by atoms with Crippen LogP contribution in [0.5, 0.6) is 0 Å². The first-order chi connectivity index (χ1) is 12.2. The Morgan fingerprint density at radius 3 is 2.65 bits per heavy atom. The van der Waals surface area contributed by atoms with Gasteiger partial charge in [0.25, 0.3) is 5.91 Å². The third kappa shape index (κ3) is 3.42. The minimum atomic E-state index is -0.224. The molecule has 1 fully saturated rings. The van der Waals surface area contributed by atoms with E-state index >= 15 is 0 Å². The van der Waals surface area contributed by atoms with Crippen molar-refractivity contribution >= 4 is 17.5 Å². The van der Waals surface area contributed by atoms with Crippen LogP contribution in [0, 0.1) is 6.92 Å². The van der Waals surface area contributed by atoms with Gasteiger partial charge < -0.3 is 14.6 Å². The number of carbonyl (C=O) groups is 2. The Kier molecular flexibility index (Phi) is 4.48. The summed E-state index contributed by atoms with van der Waals surface area (Å²) in [6.07, 6.45) is 4.69. The van der Waals surface area contributed by atoms with Gasteiger partial charge in [-0.2, -0.15) is 5.10 Å². The molecule has 2 aromatic rings. The van der Waals surface area contributed by atoms with Crippen molar-refractivity contribution in [2.75, 3.05) is 18.4 Å². The average Bonchev–Trinajstić information content (AvgIpc) is 3.12. The second-order valence-electron chi connectivity index (χ2n) is 7.59. The monoisotopic (exact) mass is 356 g/mol. The highest BCUT2D eigenvalue weighted by molar-refractivity contribution is 6.05. The SMILES string of the molecule is C=CC(=O)N1CC(n2cc(NC(=O)c3cc(C(C)(C)C)oc3C)cn2)C1. The van der Waals surface area contributed by atoms with Crippen LogP contribution in [0.2, 0.25) is 0 Å². The molecule has 2 aromatic heterocycles. The molecule has 3 rings (SSSR count). The number of hydrogen-bond donors (Lipinski definition) is 1. The number of likely N-dealkylation sites (tertiary alicyclic amines) is 1. The summed E-state index contributed by atoms with van der Waals surface area (Å²) < 4.78 is 7.49. The molecule has 2 amide bonds. The van der Waals surface area contributed by atoms with Crippen LogP contribution in [0.1, 0.15) is 48.7 Å². The standard InChI is InChI=1S/C19H24N4O3/c1-6-17(24)22-10-14(11-22)23-9-13(8-20-23)21-18(25)15-7-16(19(3,4)5)26-12(15)2/h6-9,14H,1,10-11H2,2-5H3,(H,21,25). The second kappa shape index (κ2) is 6.48. The first-order valence-corrected chi connectivity index (χ1v) is 8.57. The average molecular weight is 356 g/mol. The summed E-state index contributed by atoms with van der Waals surface area (Å²) in [6, 6.07) is 1.91. The minimum Gasteiger partial charge on any atom is -0.465 e. The summed E-state index contributed by atoms with van der Waals surface area (Å²) in [4.78, 5) is 25.7. The van der Waals surface area contributed by atoms with Crippen molar-refractivity contribution in [2.45, 2.75) is 39.2 Å². The van der Waals surface area contributed by atoms with Gasteiger partial charge in [-0.1, -0.05) is 27.4 Å². The third-order valence-corrected chi connectivity index (χ3v) is 4.48. The molecule has 0 radical (unpaired) electrons. The number of carbonyl (C=O) groups excluding carboxylic acids is 2. The van der Waals surface area contributed by atoms with Crippen LogP contribution in [0.15, 0.2) is 35.5 Å². The number of hydrogen-bond acceptors (Lipinski definition) is 4. The largest absolute Gasteiger partial charge is 0.465 e. The van der Waals surface area contributed by atoms with Gasteiger partial charge in [-0.3, -0.25) is 14.3 Å². The van der Waals surface area contributed by atoms with Crippen LogP contribution in [0.25, 0.3) is 0 Å². The summed E-state index contributed by atoms with van der Waals surface area (Å²) in [5, 5.41) is 7.14. The summed E-state index contributed by atoms with van der Waals surface area (Å²) >= 11 is 0. The molecule has 1 saturated heterocycles. The Morgan fingerprint density at radius 1 is 1.38 bits per heavy atom. The lowest BCUT2D eigenvalue weighted by Gasteiger charge is -2.38. The van der Waals surface area contributed by atoms with Crippen molar-refractivity contribution in [3.63, 3.8) is 0 Å². The zero-order valence-electron chi connectivity index (χ0n) is 15.6. The van der Waals surface area contributed by atoms with Crippen molar-refractivity contribution in [2.24, 2.45) is 0 Å². The number of anilines is 1. The van der Waals surface area contributed by atoms with E-state index in [9.17, 15) is 9.59 Å². The first-order valence-electron chi connectivity index (χ1n) is 8.57. The molecule has 0 aliphatic carbocycles. The van der Waals surface area contributed by atoms with E-state index in [1.165, 1.54) is 6.08 Å². The van der Waals surface area contributed by atoms with Gasteiger partial charge in [0.05, 0.1) is 23.5 Å². The van der Waals surface area contributed by atoms with E-state index < -0.39 is 0 Å². The summed E-state index contributed by atoms with van der Waals surface area (Å²) in [7, 11) is 0. The number of aromatic nitrogens is 2. The molecule has 0 unspecified atom stereocenters. The lowest BCUT2D eigenvalue weighted by Crippen LogP contribution is -2.50. The van der Waals surface area contributed by atoms with E-state index in [0.717, 1.165) is 5.76 Å². The zero-order chi connectivity index (χ0) is 19.1. The Balaban J connectivity index is 1.65. The highest BCUT2D eigenvalue weighted by Crippen LogP contribution is 2.28. The fourth-order valence-corrected chi connectivity index (χ4v) is 2.81. The van der Waals surface area contributed by atoms with E-state index in [-0.39, 0.29) is 23.3 Å². The Morgan fingerprint density at radius 2 is 2.08 bits per heavy atom. The zero-order valence-corrected chi connectivity index (χ0v) is 15.6. The summed E-state index contributed by atoms with van der Waals surface area (Å²) in [5.74, 6) is 1.07. The lowest BCUT2D eigenvalue weighted by atomic mass is 9.93. The van der Waals surface area contributed by atoms with E-state index in [1.54, 1.807) is 35.0 Å². The Bertz CT molecular complexity index is 851. The normalized spacial score (nSPS) is 14.8. The highest BCUT2D eigenvalue weighted by Gasteiger charge is 2.31. The predicted molar refractivity (Wildman–Crippen MR) is 98.1 cm³/mol. The molecule has 1 aliphatic rings. The number of furan rings is 1. The van der Waals surface area contributed by atoms with Gasteiger partial charge in [0.2, 0.25) is 5.91 Å². The Labute approximate surface area is 152 Å². The molecule has 26 heavy (non-hydrogen) atoms. The molecule has 138 valence electrons. The molecule has 0 bridgehead atoms. The smallest absolute Gasteiger partial charge is 0.259 e. The molecule has 1 N–H and O–H groups in total. The molecule has 7 nitrogen and oxygen atoms in total. The number of rotatable bonds is 4. The van der Waals surface area contributed by atoms with Gasteiger partial charge in [-0.25, -0.2) is 0 Å². The van der Waals surface area contributed by atoms with Gasteiger partial charge in [-0.05, 0) is 19.1 Å². The fraction of sp³-hybridized carbons (Fsp3) is 0.421. The molecule has 3 heterocycles. The maximum atomic E-state index is 12.5. The topological polar surface area (TPSA) is 80.4 Å². The van der Waals surface area contributed by atoms with Crippen LogP contribution in [-0.2, 0) is 10.2 Å². The molecule has 0 aromatic carbocycles. The van der Waals surface area contributed by atoms with Gasteiger partial charge in [0, 0.05) is 24.7 Å². The van der Waals surface area contributed by atoms with Crippen molar-refractivity contribution < 1.29 is 14.0 Å². The molecule has 0 atom stereocenters. The molecule has 0 spiro atoms. The van der Waals surface area contributed by atoms with Crippen molar-refractivity contribution in [1.82, 2.24) is 14.7 Å². The molecule has 7 heteroatoms. The summed E-state index contributed by atoms with van der Waals surface area (Å²) in [5.41, 5.74) is 0.975. The van der Waals surface area contributed by atoms with E-state index in [2.05, 4.69) is 17.0 Å². The molecular weight excluding hydrogens is 332 g/mol. The fourth-order valence-electron chi connectivity index (χ4n) is 2.81. The second-order valence-corrected chi connectivity index (χ2v) is 7.59. The van der Waals surface area contributed by atoms with Crippen LogP contribution in [0.3, 0.4) is 0 Å². The van der Waals surface area contributed by atoms with E-state index in [1.807, 2.05) is 20.8 Å². The van der Waals surface area contributed by atoms with Crippen molar-refractivity contribution in [1.29, 1.82) is 0 Å². The van der Waals surface area contributed by atoms with E-state index in [0.29, 0.717) is 30.1 Å². The van der Waals surface area contributed by atoms with Crippen LogP contribution in [-0.4, -0.2) is 39.6 Å². The maximum Gasteiger partial charge on any atom is 0.259 e. The highest BCUT2D eigenvalue weighted by atomic mass is 16.3. The van der Waals surface area contributed by atoms with Crippen LogP contribution < -0.4 is 5.32 Å². The number of amides is 2. The molecule has 1 aliphatic heterocycles. The van der Waals surface area contributed by atoms with Crippen LogP contribution >= 0.6 is 0 Å². The van der Waals surface area contributed by atoms with Gasteiger partial charge in [-0.15, -0.1) is 0 Å². The number of nitrogens with zero attached hydrogens (tertiary/aromatic N) is 3. The maximum absolute atomic E-state index is 12.5. The quantitative estimate of drug-likeness (QED) is 0.854. The van der Waals surface area contributed by atoms with E-state index in [4.69, 9.17) is 4.42 Å². The van der Waals surface area contributed by atoms with Gasteiger partial charge >= 0.3 is 0 Å². The molecular formula is C19H24N4O3. The van der Waals surface area contributed by atoms with Crippen LogP contribution in [0.4, 0.5) is 5.69 Å². The first kappa shape index (κ1) is 18.0.